The van der Waals surface area contributed by atoms with E-state index in [1.54, 1.807) is 47.3 Å². The summed E-state index contributed by atoms with van der Waals surface area (Å²) < 4.78 is 20.1. The Morgan fingerprint density at radius 2 is 1.76 bits per heavy atom. The number of benzene rings is 3. The van der Waals surface area contributed by atoms with Gasteiger partial charge in [-0.05, 0) is 48.5 Å². The van der Waals surface area contributed by atoms with Crippen LogP contribution < -0.4 is 15.5 Å². The number of amides is 2. The molecule has 0 radical (unpaired) electrons. The minimum atomic E-state index is -0.946. The Kier molecular flexibility index (Phi) is 6.73. The quantitative estimate of drug-likeness (QED) is 0.262. The van der Waals surface area contributed by atoms with Crippen LogP contribution in [0.4, 0.5) is 10.1 Å². The molecule has 0 bridgehead atoms. The molecule has 1 aromatic heterocycles. The maximum atomic E-state index is 13.4. The van der Waals surface area contributed by atoms with Crippen LogP contribution in [0.3, 0.4) is 0 Å². The summed E-state index contributed by atoms with van der Waals surface area (Å²) in [5.41, 5.74) is 5.18. The highest BCUT2D eigenvalue weighted by Gasteiger charge is 2.14. The van der Waals surface area contributed by atoms with Gasteiger partial charge in [0.25, 0.3) is 0 Å². The van der Waals surface area contributed by atoms with E-state index in [0.717, 1.165) is 5.69 Å². The van der Waals surface area contributed by atoms with Crippen molar-refractivity contribution in [3.8, 4) is 22.7 Å². The number of nitrogens with one attached hydrogen (secondary N) is 2. The van der Waals surface area contributed by atoms with Gasteiger partial charge in [0.05, 0.1) is 19.0 Å². The maximum Gasteiger partial charge on any atom is 0.329 e. The Labute approximate surface area is 194 Å². The van der Waals surface area contributed by atoms with Crippen LogP contribution in [0.1, 0.15) is 5.56 Å². The summed E-state index contributed by atoms with van der Waals surface area (Å²) in [4.78, 5) is 24.4. The van der Waals surface area contributed by atoms with Crippen LogP contribution in [0, 0.1) is 5.82 Å². The smallest absolute Gasteiger partial charge is 0.329 e. The normalized spacial score (nSPS) is 10.8. The molecule has 0 saturated heterocycles. The van der Waals surface area contributed by atoms with Crippen molar-refractivity contribution >= 4 is 23.7 Å². The first-order chi connectivity index (χ1) is 16.5. The molecule has 1 heterocycles. The van der Waals surface area contributed by atoms with E-state index >= 15 is 0 Å². The third kappa shape index (κ3) is 5.33. The largest absolute Gasteiger partial charge is 0.497 e. The zero-order valence-electron chi connectivity index (χ0n) is 18.1. The molecule has 9 heteroatoms. The molecule has 34 heavy (non-hydrogen) atoms. The molecule has 0 spiro atoms. The summed E-state index contributed by atoms with van der Waals surface area (Å²) in [6.07, 6.45) is 3.10. The highest BCUT2D eigenvalue weighted by molar-refractivity contribution is 6.39. The molecule has 8 nitrogen and oxygen atoms in total. The van der Waals surface area contributed by atoms with Crippen molar-refractivity contribution in [1.82, 2.24) is 15.2 Å². The lowest BCUT2D eigenvalue weighted by Crippen LogP contribution is -2.32. The van der Waals surface area contributed by atoms with Gasteiger partial charge in [0.1, 0.15) is 17.3 Å². The summed E-state index contributed by atoms with van der Waals surface area (Å²) in [7, 11) is 1.50. The highest BCUT2D eigenvalue weighted by Crippen LogP contribution is 2.23. The number of halogens is 1. The fraction of sp³-hybridized carbons (Fsp3) is 0.0400. The highest BCUT2D eigenvalue weighted by atomic mass is 19.1. The van der Waals surface area contributed by atoms with E-state index < -0.39 is 11.8 Å². The van der Waals surface area contributed by atoms with Gasteiger partial charge in [-0.15, -0.1) is 0 Å². The fourth-order valence-corrected chi connectivity index (χ4v) is 3.13. The van der Waals surface area contributed by atoms with Crippen molar-refractivity contribution in [1.29, 1.82) is 0 Å². The SMILES string of the molecule is COc1cccc(NC(=O)C(=O)N/N=C/c2cn(-c3ccccc3)nc2-c2ccc(F)cc2)c1. The molecule has 0 aliphatic rings. The molecule has 2 N–H and O–H groups in total. The van der Waals surface area contributed by atoms with E-state index in [-0.39, 0.29) is 5.82 Å². The fourth-order valence-electron chi connectivity index (χ4n) is 3.13. The minimum Gasteiger partial charge on any atom is -0.497 e. The number of hydrogen-bond acceptors (Lipinski definition) is 5. The lowest BCUT2D eigenvalue weighted by atomic mass is 10.1. The summed E-state index contributed by atoms with van der Waals surface area (Å²) >= 11 is 0. The van der Waals surface area contributed by atoms with Crippen molar-refractivity contribution in [2.24, 2.45) is 5.10 Å². The van der Waals surface area contributed by atoms with E-state index in [4.69, 9.17) is 4.74 Å². The third-order valence-corrected chi connectivity index (χ3v) is 4.78. The maximum absolute atomic E-state index is 13.4. The molecule has 0 aliphatic heterocycles. The second-order valence-electron chi connectivity index (χ2n) is 7.11. The van der Waals surface area contributed by atoms with Crippen LogP contribution in [-0.2, 0) is 9.59 Å². The summed E-state index contributed by atoms with van der Waals surface area (Å²) in [6.45, 7) is 0. The molecule has 2 amide bonds. The molecule has 3 aromatic carbocycles. The van der Waals surface area contributed by atoms with Crippen LogP contribution in [0.5, 0.6) is 5.75 Å². The predicted octanol–water partition coefficient (Wildman–Crippen LogP) is 3.78. The van der Waals surface area contributed by atoms with Crippen LogP contribution in [-0.4, -0.2) is 34.9 Å². The molecule has 0 atom stereocenters. The minimum absolute atomic E-state index is 0.365. The first kappa shape index (κ1) is 22.4. The van der Waals surface area contributed by atoms with Crippen LogP contribution in [0.15, 0.2) is 90.2 Å². The Morgan fingerprint density at radius 3 is 2.50 bits per heavy atom. The number of carbonyl (C=O) groups excluding carboxylic acids is 2. The number of nitrogens with zero attached hydrogens (tertiary/aromatic N) is 3. The zero-order chi connectivity index (χ0) is 23.9. The van der Waals surface area contributed by atoms with Crippen molar-refractivity contribution < 1.29 is 18.7 Å². The van der Waals surface area contributed by atoms with Crippen LogP contribution >= 0.6 is 0 Å². The van der Waals surface area contributed by atoms with E-state index in [9.17, 15) is 14.0 Å². The predicted molar refractivity (Wildman–Crippen MR) is 126 cm³/mol. The average molecular weight is 457 g/mol. The number of hydrazone groups is 1. The van der Waals surface area contributed by atoms with Gasteiger partial charge >= 0.3 is 11.8 Å². The first-order valence-corrected chi connectivity index (χ1v) is 10.2. The summed E-state index contributed by atoms with van der Waals surface area (Å²) in [6, 6.07) is 21.9. The van der Waals surface area contributed by atoms with E-state index in [1.807, 2.05) is 30.3 Å². The molecular weight excluding hydrogens is 437 g/mol. The molecular formula is C25H20FN5O3. The Hall–Kier alpha value is -4.79. The number of ether oxygens (including phenoxy) is 1. The summed E-state index contributed by atoms with van der Waals surface area (Å²) in [5, 5.41) is 11.0. The molecule has 4 rings (SSSR count). The lowest BCUT2D eigenvalue weighted by molar-refractivity contribution is -0.136. The van der Waals surface area contributed by atoms with Gasteiger partial charge in [0.15, 0.2) is 0 Å². The number of anilines is 1. The Bertz CT molecular complexity index is 1330. The van der Waals surface area contributed by atoms with Gasteiger partial charge in [-0.2, -0.15) is 10.2 Å². The zero-order valence-corrected chi connectivity index (χ0v) is 18.1. The van der Waals surface area contributed by atoms with E-state index in [2.05, 4.69) is 20.9 Å². The van der Waals surface area contributed by atoms with E-state index in [1.165, 1.54) is 25.5 Å². The average Bonchev–Trinajstić information content (AvgIpc) is 3.29. The third-order valence-electron chi connectivity index (χ3n) is 4.78. The molecule has 0 aliphatic carbocycles. The molecule has 4 aromatic rings. The van der Waals surface area contributed by atoms with E-state index in [0.29, 0.717) is 28.3 Å². The van der Waals surface area contributed by atoms with Crippen molar-refractivity contribution in [3.05, 3.63) is 96.4 Å². The standard InChI is InChI=1S/C25H20FN5O3/c1-34-22-9-5-6-20(14-22)28-24(32)25(33)29-27-15-18-16-31(21-7-3-2-4-8-21)30-23(18)17-10-12-19(26)13-11-17/h2-16H,1H3,(H,28,32)(H,29,33)/b27-15+. The topological polar surface area (TPSA) is 97.6 Å². The number of para-hydroxylation sites is 1. The van der Waals surface area contributed by atoms with Gasteiger partial charge in [0.2, 0.25) is 0 Å². The van der Waals surface area contributed by atoms with Crippen molar-refractivity contribution in [2.45, 2.75) is 0 Å². The number of rotatable bonds is 6. The second kappa shape index (κ2) is 10.2. The molecule has 0 fully saturated rings. The molecule has 0 saturated carbocycles. The number of hydrogen-bond donors (Lipinski definition) is 2. The van der Waals surface area contributed by atoms with Crippen molar-refractivity contribution in [2.75, 3.05) is 12.4 Å². The number of carbonyl (C=O) groups is 2. The second-order valence-corrected chi connectivity index (χ2v) is 7.11. The van der Waals surface area contributed by atoms with Gasteiger partial charge in [-0.3, -0.25) is 9.59 Å². The first-order valence-electron chi connectivity index (χ1n) is 10.2. The number of aromatic nitrogens is 2. The molecule has 0 unspecified atom stereocenters. The van der Waals surface area contributed by atoms with Gasteiger partial charge in [-0.25, -0.2) is 14.5 Å². The van der Waals surface area contributed by atoms with Crippen LogP contribution in [0.2, 0.25) is 0 Å². The summed E-state index contributed by atoms with van der Waals surface area (Å²) in [5.74, 6) is -1.65. The Balaban J connectivity index is 1.52. The monoisotopic (exact) mass is 457 g/mol. The molecule has 170 valence electrons. The van der Waals surface area contributed by atoms with Crippen LogP contribution in [0.25, 0.3) is 16.9 Å². The number of methoxy groups -OCH3 is 1. The van der Waals surface area contributed by atoms with Gasteiger partial charge < -0.3 is 10.1 Å². The van der Waals surface area contributed by atoms with Gasteiger partial charge in [-0.1, -0.05) is 24.3 Å². The van der Waals surface area contributed by atoms with Crippen molar-refractivity contribution in [3.63, 3.8) is 0 Å². The Morgan fingerprint density at radius 1 is 1.00 bits per heavy atom. The van der Waals surface area contributed by atoms with Gasteiger partial charge in [0, 0.05) is 29.1 Å². The lowest BCUT2D eigenvalue weighted by Gasteiger charge is -2.05.